The SMILES string of the molecule is Cc1ccc(C2(O)CCN(C(=O)CCn3ccc(=O)[nH]c3=O)C2)cc1. The normalized spacial score (nSPS) is 20.0. The van der Waals surface area contributed by atoms with Crippen molar-refractivity contribution in [3.05, 3.63) is 68.5 Å². The summed E-state index contributed by atoms with van der Waals surface area (Å²) in [6, 6.07) is 8.92. The van der Waals surface area contributed by atoms with E-state index in [1.807, 2.05) is 31.2 Å². The van der Waals surface area contributed by atoms with Crippen LogP contribution in [-0.4, -0.2) is 38.6 Å². The highest BCUT2D eigenvalue weighted by atomic mass is 16.3. The third-order valence-electron chi connectivity index (χ3n) is 4.65. The second-order valence-electron chi connectivity index (χ2n) is 6.52. The number of carbonyl (C=O) groups excluding carboxylic acids is 1. The molecule has 1 fully saturated rings. The van der Waals surface area contributed by atoms with Crippen molar-refractivity contribution in [2.75, 3.05) is 13.1 Å². The number of benzene rings is 1. The number of β-amino-alcohol motifs (C(OH)–C–C–N with tert-alkyl or cyclic N) is 1. The minimum atomic E-state index is -1.03. The summed E-state index contributed by atoms with van der Waals surface area (Å²) in [4.78, 5) is 38.9. The summed E-state index contributed by atoms with van der Waals surface area (Å²) in [5.74, 6) is -0.124. The van der Waals surface area contributed by atoms with Crippen LogP contribution in [-0.2, 0) is 16.9 Å². The third kappa shape index (κ3) is 3.71. The van der Waals surface area contributed by atoms with Crippen LogP contribution in [0.15, 0.2) is 46.1 Å². The second-order valence-corrected chi connectivity index (χ2v) is 6.52. The molecule has 7 nitrogen and oxygen atoms in total. The zero-order valence-corrected chi connectivity index (χ0v) is 14.1. The van der Waals surface area contributed by atoms with Crippen molar-refractivity contribution >= 4 is 5.91 Å². The first-order valence-electron chi connectivity index (χ1n) is 8.24. The van der Waals surface area contributed by atoms with Gasteiger partial charge < -0.3 is 14.6 Å². The number of aliphatic hydroxyl groups is 1. The molecule has 7 heteroatoms. The molecule has 1 amide bonds. The summed E-state index contributed by atoms with van der Waals surface area (Å²) < 4.78 is 1.29. The van der Waals surface area contributed by atoms with Gasteiger partial charge in [0, 0.05) is 31.8 Å². The molecule has 25 heavy (non-hydrogen) atoms. The number of aromatic amines is 1. The first-order chi connectivity index (χ1) is 11.9. The number of H-pyrrole nitrogens is 1. The number of likely N-dealkylation sites (tertiary alicyclic amines) is 1. The van der Waals surface area contributed by atoms with E-state index >= 15 is 0 Å². The first-order valence-corrected chi connectivity index (χ1v) is 8.24. The maximum Gasteiger partial charge on any atom is 0.328 e. The Morgan fingerprint density at radius 1 is 1.24 bits per heavy atom. The van der Waals surface area contributed by atoms with Crippen LogP contribution in [0.25, 0.3) is 0 Å². The van der Waals surface area contributed by atoms with Crippen molar-refractivity contribution in [1.29, 1.82) is 0 Å². The van der Waals surface area contributed by atoms with Crippen molar-refractivity contribution < 1.29 is 9.90 Å². The molecule has 2 aromatic rings. The number of nitrogens with zero attached hydrogens (tertiary/aromatic N) is 2. The quantitative estimate of drug-likeness (QED) is 0.838. The van der Waals surface area contributed by atoms with Crippen LogP contribution in [0.1, 0.15) is 24.0 Å². The van der Waals surface area contributed by atoms with Gasteiger partial charge in [-0.3, -0.25) is 14.6 Å². The average molecular weight is 343 g/mol. The molecule has 1 aliphatic heterocycles. The van der Waals surface area contributed by atoms with E-state index in [0.717, 1.165) is 11.1 Å². The van der Waals surface area contributed by atoms with E-state index < -0.39 is 16.9 Å². The molecule has 2 N–H and O–H groups in total. The average Bonchev–Trinajstić information content (AvgIpc) is 2.98. The Bertz CT molecular complexity index is 884. The van der Waals surface area contributed by atoms with Crippen molar-refractivity contribution in [3.63, 3.8) is 0 Å². The molecule has 2 heterocycles. The molecule has 132 valence electrons. The molecule has 1 saturated heterocycles. The monoisotopic (exact) mass is 343 g/mol. The van der Waals surface area contributed by atoms with Crippen molar-refractivity contribution in [3.8, 4) is 0 Å². The van der Waals surface area contributed by atoms with Crippen LogP contribution in [0.3, 0.4) is 0 Å². The smallest absolute Gasteiger partial charge is 0.328 e. The zero-order chi connectivity index (χ0) is 18.0. The van der Waals surface area contributed by atoms with Gasteiger partial charge in [-0.15, -0.1) is 0 Å². The van der Waals surface area contributed by atoms with Gasteiger partial charge in [-0.05, 0) is 18.9 Å². The third-order valence-corrected chi connectivity index (χ3v) is 4.65. The van der Waals surface area contributed by atoms with Gasteiger partial charge in [0.2, 0.25) is 5.91 Å². The van der Waals surface area contributed by atoms with Gasteiger partial charge in [0.15, 0.2) is 0 Å². The summed E-state index contributed by atoms with van der Waals surface area (Å²) in [5.41, 5.74) is -0.0962. The molecule has 0 aliphatic carbocycles. The van der Waals surface area contributed by atoms with Crippen LogP contribution >= 0.6 is 0 Å². The number of hydrogen-bond donors (Lipinski definition) is 2. The first kappa shape index (κ1) is 17.2. The molecule has 1 atom stereocenters. The lowest BCUT2D eigenvalue weighted by Gasteiger charge is -2.24. The fourth-order valence-corrected chi connectivity index (χ4v) is 3.10. The van der Waals surface area contributed by atoms with Gasteiger partial charge in [0.25, 0.3) is 5.56 Å². The number of rotatable bonds is 4. The molecule has 1 aromatic heterocycles. The summed E-state index contributed by atoms with van der Waals surface area (Å²) in [7, 11) is 0. The Hall–Kier alpha value is -2.67. The number of aryl methyl sites for hydroxylation is 2. The fourth-order valence-electron chi connectivity index (χ4n) is 3.10. The van der Waals surface area contributed by atoms with Crippen LogP contribution in [0.2, 0.25) is 0 Å². The fraction of sp³-hybridized carbons (Fsp3) is 0.389. The Morgan fingerprint density at radius 3 is 2.64 bits per heavy atom. The van der Waals surface area contributed by atoms with Crippen molar-refractivity contribution in [2.45, 2.75) is 31.9 Å². The standard InChI is InChI=1S/C18H21N3O4/c1-13-2-4-14(5-3-13)18(25)8-11-21(12-18)16(23)7-10-20-9-6-15(22)19-17(20)24/h2-6,9,25H,7-8,10-12H2,1H3,(H,19,22,24). The number of amides is 1. The minimum Gasteiger partial charge on any atom is -0.383 e. The summed E-state index contributed by atoms with van der Waals surface area (Å²) in [6.07, 6.45) is 2.00. The van der Waals surface area contributed by atoms with E-state index in [9.17, 15) is 19.5 Å². The maximum atomic E-state index is 12.4. The van der Waals surface area contributed by atoms with Crippen molar-refractivity contribution in [1.82, 2.24) is 14.5 Å². The van der Waals surface area contributed by atoms with Gasteiger partial charge in [-0.1, -0.05) is 29.8 Å². The largest absolute Gasteiger partial charge is 0.383 e. The molecule has 3 rings (SSSR count). The lowest BCUT2D eigenvalue weighted by molar-refractivity contribution is -0.131. The number of aromatic nitrogens is 2. The van der Waals surface area contributed by atoms with Crippen LogP contribution in [0.4, 0.5) is 0 Å². The second kappa shape index (κ2) is 6.68. The Morgan fingerprint density at radius 2 is 1.96 bits per heavy atom. The minimum absolute atomic E-state index is 0.124. The van der Waals surface area contributed by atoms with E-state index in [0.29, 0.717) is 13.0 Å². The lowest BCUT2D eigenvalue weighted by Crippen LogP contribution is -2.36. The summed E-state index contributed by atoms with van der Waals surface area (Å²) in [6.45, 7) is 2.89. The Balaban J connectivity index is 1.63. The van der Waals surface area contributed by atoms with Gasteiger partial charge >= 0.3 is 5.69 Å². The highest BCUT2D eigenvalue weighted by molar-refractivity contribution is 5.76. The van der Waals surface area contributed by atoms with E-state index in [2.05, 4.69) is 4.98 Å². The summed E-state index contributed by atoms with van der Waals surface area (Å²) >= 11 is 0. The predicted octanol–water partition coefficient (Wildman–Crippen LogP) is 0.355. The highest BCUT2D eigenvalue weighted by Gasteiger charge is 2.39. The van der Waals surface area contributed by atoms with E-state index in [4.69, 9.17) is 0 Å². The molecule has 0 spiro atoms. The Kier molecular flexibility index (Phi) is 4.59. The molecule has 1 aromatic carbocycles. The van der Waals surface area contributed by atoms with Gasteiger partial charge in [-0.25, -0.2) is 4.79 Å². The lowest BCUT2D eigenvalue weighted by atomic mass is 9.92. The number of carbonyl (C=O) groups is 1. The molecule has 1 aliphatic rings. The van der Waals surface area contributed by atoms with Gasteiger partial charge in [-0.2, -0.15) is 0 Å². The molecule has 0 radical (unpaired) electrons. The maximum absolute atomic E-state index is 12.4. The van der Waals surface area contributed by atoms with E-state index in [-0.39, 0.29) is 25.4 Å². The number of nitrogens with one attached hydrogen (secondary N) is 1. The highest BCUT2D eigenvalue weighted by Crippen LogP contribution is 2.32. The molecule has 0 bridgehead atoms. The number of hydrogen-bond acceptors (Lipinski definition) is 4. The van der Waals surface area contributed by atoms with E-state index in [1.165, 1.54) is 16.8 Å². The van der Waals surface area contributed by atoms with Crippen LogP contribution < -0.4 is 11.2 Å². The van der Waals surface area contributed by atoms with Crippen molar-refractivity contribution in [2.24, 2.45) is 0 Å². The zero-order valence-electron chi connectivity index (χ0n) is 14.1. The molecular formula is C18H21N3O4. The Labute approximate surface area is 144 Å². The van der Waals surface area contributed by atoms with Crippen LogP contribution in [0.5, 0.6) is 0 Å². The predicted molar refractivity (Wildman–Crippen MR) is 92.2 cm³/mol. The molecule has 1 unspecified atom stereocenters. The molecule has 0 saturated carbocycles. The van der Waals surface area contributed by atoms with Crippen LogP contribution in [0, 0.1) is 6.92 Å². The van der Waals surface area contributed by atoms with E-state index in [1.54, 1.807) is 4.90 Å². The molecular weight excluding hydrogens is 322 g/mol. The summed E-state index contributed by atoms with van der Waals surface area (Å²) in [5, 5.41) is 10.8. The van der Waals surface area contributed by atoms with Gasteiger partial charge in [0.1, 0.15) is 5.60 Å². The topological polar surface area (TPSA) is 95.4 Å². The van der Waals surface area contributed by atoms with Gasteiger partial charge in [0.05, 0.1) is 6.54 Å².